The number of fused-ring (bicyclic) bond motifs is 15. The Bertz CT molecular complexity index is 3790. The first-order chi connectivity index (χ1) is 68.0. The highest BCUT2D eigenvalue weighted by Gasteiger charge is 2.63. The molecule has 12 aliphatic carbocycles. The van der Waals surface area contributed by atoms with E-state index in [4.69, 9.17) is 88.1 Å². The Kier molecular flexibility index (Phi) is 52.6. The predicted octanol–water partition coefficient (Wildman–Crippen LogP) is 22.8. The molecule has 0 spiro atoms. The van der Waals surface area contributed by atoms with Crippen LogP contribution in [0.5, 0.6) is 0 Å². The minimum absolute atomic E-state index is 0.0164. The minimum Gasteiger partial charge on any atom is -0.480 e. The second-order valence-corrected chi connectivity index (χ2v) is 47.7. The molecule has 0 aromatic rings. The molecule has 0 bridgehead atoms. The molecule has 0 radical (unpaired) electrons. The van der Waals surface area contributed by atoms with Gasteiger partial charge in [0.25, 0.3) is 0 Å². The Balaban J connectivity index is 0.000000260. The van der Waals surface area contributed by atoms with Gasteiger partial charge in [-0.1, -0.05) is 204 Å². The highest BCUT2D eigenvalue weighted by molar-refractivity contribution is 6.61. The van der Waals surface area contributed by atoms with Crippen LogP contribution in [-0.4, -0.2) is 236 Å². The van der Waals surface area contributed by atoms with E-state index in [0.29, 0.717) is 167 Å². The van der Waals surface area contributed by atoms with Crippen LogP contribution in [-0.2, 0) is 80.7 Å². The first kappa shape index (κ1) is 121. The van der Waals surface area contributed by atoms with Crippen LogP contribution < -0.4 is 21.7 Å². The van der Waals surface area contributed by atoms with Gasteiger partial charge in [-0.05, 0) is 280 Å². The third-order valence-electron chi connectivity index (χ3n) is 37.2. The van der Waals surface area contributed by atoms with Crippen LogP contribution in [0.1, 0.15) is 329 Å². The van der Waals surface area contributed by atoms with Crippen molar-refractivity contribution < 1.29 is 105 Å². The van der Waals surface area contributed by atoms with E-state index in [-0.39, 0.29) is 48.1 Å². The van der Waals surface area contributed by atoms with Crippen LogP contribution in [0, 0.1) is 139 Å². The number of alkyl carbamates (subject to hydrolysis) is 2. The average Bonchev–Trinajstić information content (AvgIpc) is 1.48. The number of halogens is 1. The zero-order valence-corrected chi connectivity index (χ0v) is 92.1. The van der Waals surface area contributed by atoms with Gasteiger partial charge in [-0.2, -0.15) is 0 Å². The number of carbonyl (C=O) groups is 6. The summed E-state index contributed by atoms with van der Waals surface area (Å²) in [6.45, 7) is 50.0. The van der Waals surface area contributed by atoms with E-state index in [2.05, 4.69) is 151 Å². The molecular formula is C115H199ClN4O22. The second kappa shape index (κ2) is 61.7. The van der Waals surface area contributed by atoms with E-state index in [9.17, 15) is 28.8 Å². The van der Waals surface area contributed by atoms with Crippen LogP contribution >= 0.6 is 11.6 Å². The van der Waals surface area contributed by atoms with Gasteiger partial charge < -0.3 is 98.2 Å². The number of rotatable bonds is 58. The summed E-state index contributed by atoms with van der Waals surface area (Å²) >= 11 is 5.51. The Morgan fingerprint density at radius 2 is 0.627 bits per heavy atom. The lowest BCUT2D eigenvalue weighted by Gasteiger charge is -2.58. The monoisotopic (exact) mass is 2020 g/mol. The summed E-state index contributed by atoms with van der Waals surface area (Å²) in [4.78, 5) is 68.4. The largest absolute Gasteiger partial charge is 0.480 e. The lowest BCUT2D eigenvalue weighted by Crippen LogP contribution is -2.51. The number of nitrogens with one attached hydrogen (secondary N) is 3. The first-order valence-corrected chi connectivity index (χ1v) is 57.0. The smallest absolute Gasteiger partial charge is 0.407 e. The number of carbonyl (C=O) groups excluding carboxylic acids is 4. The van der Waals surface area contributed by atoms with E-state index < -0.39 is 36.1 Å². The van der Waals surface area contributed by atoms with Gasteiger partial charge >= 0.3 is 29.6 Å². The lowest BCUT2D eigenvalue weighted by molar-refractivity contribution is -0.136. The molecular weight excluding hydrogens is 1820 g/mol. The van der Waals surface area contributed by atoms with Gasteiger partial charge in [0.05, 0.1) is 152 Å². The average molecular weight is 2030 g/mol. The van der Waals surface area contributed by atoms with Gasteiger partial charge in [-0.3, -0.25) is 14.4 Å². The van der Waals surface area contributed by atoms with Crippen LogP contribution in [0.15, 0.2) is 34.9 Å². The molecule has 9 fully saturated rings. The number of aliphatic carboxylic acids is 2. The maximum Gasteiger partial charge on any atom is 0.407 e. The highest BCUT2D eigenvalue weighted by Crippen LogP contribution is 2.71. The van der Waals surface area contributed by atoms with Crippen molar-refractivity contribution in [2.75, 3.05) is 172 Å². The van der Waals surface area contributed by atoms with Crippen molar-refractivity contribution in [3.8, 4) is 0 Å². The fourth-order valence-electron chi connectivity index (χ4n) is 29.8. The van der Waals surface area contributed by atoms with Gasteiger partial charge in [-0.25, -0.2) is 14.4 Å². The van der Waals surface area contributed by atoms with E-state index in [1.165, 1.54) is 165 Å². The maximum atomic E-state index is 12.8. The summed E-state index contributed by atoms with van der Waals surface area (Å²) in [5.41, 5.74) is 10.7. The van der Waals surface area contributed by atoms with Crippen molar-refractivity contribution in [2.45, 2.75) is 347 Å². The van der Waals surface area contributed by atoms with Gasteiger partial charge in [-0.15, -0.1) is 0 Å². The van der Waals surface area contributed by atoms with E-state index in [1.54, 1.807) is 5.57 Å². The van der Waals surface area contributed by atoms with Crippen LogP contribution in [0.25, 0.3) is 0 Å². The quantitative estimate of drug-likeness (QED) is 0.0143. The predicted molar refractivity (Wildman–Crippen MR) is 558 cm³/mol. The van der Waals surface area contributed by atoms with Crippen LogP contribution in [0.4, 0.5) is 14.4 Å². The molecule has 0 aromatic heterocycles. The molecule has 26 nitrogen and oxygen atoms in total. The van der Waals surface area contributed by atoms with Crippen LogP contribution in [0.3, 0.4) is 0 Å². The molecule has 27 heteroatoms. The Morgan fingerprint density at radius 3 is 0.894 bits per heavy atom. The SMILES string of the molecule is CC(C)CCC[C@@H](C)[C@H]1CC[C@H]2[C@@H]3CC=C4CC(OC(=O)Cl)CC[C@]4(C)[C@H]3CC[C@]12C.CC(C)CCC[C@@H](C)[C@H]1CC[C@H]2[C@@H]3CC=C4CC(OC(=O)NCC(=O)O)CC[C@]4(C)[C@H]3CC[C@]12C.CCCOCCOCCOCCOCCOCCOCCOCCOCCOCCOCCOCCNC(=O)CNC(=O)OC1CC[C@@]2(C)C(=CC[C@H]3[C@@H]4CC[C@H]([C@H](C)CCCC(C)C)[C@@]4(C)CC[C@@H]32)C1.NCC(=O)O. The van der Waals surface area contributed by atoms with E-state index >= 15 is 0 Å². The number of ether oxygens (including phenoxy) is 14. The maximum absolute atomic E-state index is 12.8. The zero-order chi connectivity index (χ0) is 103. The lowest BCUT2D eigenvalue weighted by atomic mass is 9.47. The Hall–Kier alpha value is -4.55. The third-order valence-corrected chi connectivity index (χ3v) is 37.3. The third kappa shape index (κ3) is 36.1. The normalized spacial score (nSPS) is 32.0. The van der Waals surface area contributed by atoms with Crippen molar-refractivity contribution in [1.29, 1.82) is 0 Å². The molecule has 3 unspecified atom stereocenters. The molecule has 12 aliphatic rings. The first-order valence-electron chi connectivity index (χ1n) is 56.6. The second-order valence-electron chi connectivity index (χ2n) is 47.4. The summed E-state index contributed by atoms with van der Waals surface area (Å²) in [7, 11) is 0. The van der Waals surface area contributed by atoms with E-state index in [1.807, 2.05) is 0 Å². The summed E-state index contributed by atoms with van der Waals surface area (Å²) in [6.07, 6.45) is 48.4. The van der Waals surface area contributed by atoms with Crippen molar-refractivity contribution in [3.63, 3.8) is 0 Å². The zero-order valence-electron chi connectivity index (χ0n) is 91.3. The molecule has 0 heterocycles. The number of nitrogens with two attached hydrogens (primary N) is 1. The highest BCUT2D eigenvalue weighted by atomic mass is 35.5. The molecule has 12 rings (SSSR count). The molecule has 0 saturated heterocycles. The van der Waals surface area contributed by atoms with Gasteiger partial charge in [0.1, 0.15) is 24.9 Å². The van der Waals surface area contributed by atoms with Gasteiger partial charge in [0.2, 0.25) is 5.91 Å². The van der Waals surface area contributed by atoms with Crippen molar-refractivity contribution in [3.05, 3.63) is 34.9 Å². The van der Waals surface area contributed by atoms with Gasteiger partial charge in [0.15, 0.2) is 0 Å². The molecule has 24 atom stereocenters. The minimum atomic E-state index is -1.05. The van der Waals surface area contributed by atoms with Crippen LogP contribution in [0.2, 0.25) is 0 Å². The molecule has 142 heavy (non-hydrogen) atoms. The topological polar surface area (TPSA) is 334 Å². The standard InChI is InChI=1S/C55H100N2O14.C30H49NO4.C28H45ClO2.C2H5NO2/c1-7-20-60-22-24-62-26-28-64-30-32-66-34-36-68-38-40-70-41-39-69-37-35-67-33-31-65-29-27-63-25-23-61-21-19-56-52(58)43-57-53(59)71-47-15-17-54(5)46(42-47)11-12-48-50-14-13-49(45(4)10-8-9-44(2)3)55(50,6)18-16-51(48)54;1-19(2)7-6-8-20(3)24-11-12-25-23-10-9-21-17-22(35-28(34)31-18-27(32)33)13-15-29(21,4)26(23)14-16-30(24,25)5;1-18(2)7-6-8-19(3)23-11-12-24-22-10-9-20-17-21(31-26(29)30)13-15-27(20,4)25(22)14-16-28(23,24)5;3-1-2(4)5/h11,44-45,47-51H,7-10,12-43H2,1-6H3,(H,56,58)(H,57,59);9,19-20,22-26H,6-8,10-18H2,1-5H3,(H,31,34)(H,32,33);9,18-19,21-25H,6-8,10-17H2,1-5H3;1,3H2,(H,4,5)/t45-,47?,48+,49-,50+,51+,54+,55-;20-,22?,23+,24-,25+,26+,29+,30-;19-,21?,22+,23-,24+,25+,27+,28-;/m111./s1. The molecule has 0 aromatic carbocycles. The number of hydrogen-bond donors (Lipinski definition) is 6. The fraction of sp³-hybridized carbons (Fsp3) is 0.896. The summed E-state index contributed by atoms with van der Waals surface area (Å²) in [5, 5.41) is 24.1. The molecule has 0 aliphatic heterocycles. The Labute approximate surface area is 862 Å². The number of allylic oxidation sites excluding steroid dienone is 3. The Morgan fingerprint density at radius 1 is 0.352 bits per heavy atom. The number of amides is 3. The van der Waals surface area contributed by atoms with E-state index in [0.717, 1.165) is 177 Å². The molecule has 7 N–H and O–H groups in total. The molecule has 9 saturated carbocycles. The summed E-state index contributed by atoms with van der Waals surface area (Å²) in [6, 6.07) is 0. The van der Waals surface area contributed by atoms with Crippen molar-refractivity contribution in [2.24, 2.45) is 145 Å². The number of hydrogen-bond acceptors (Lipinski definition) is 21. The summed E-state index contributed by atoms with van der Waals surface area (Å²) in [5.74, 6) is 12.6. The van der Waals surface area contributed by atoms with Crippen molar-refractivity contribution in [1.82, 2.24) is 16.0 Å². The summed E-state index contributed by atoms with van der Waals surface area (Å²) < 4.78 is 77.3. The van der Waals surface area contributed by atoms with Crippen molar-refractivity contribution >= 4 is 47.1 Å². The number of carboxylic acids is 2. The van der Waals surface area contributed by atoms with Gasteiger partial charge in [0, 0.05) is 44.0 Å². The molecule has 3 amide bonds. The number of carboxylic acid groups (broad SMARTS) is 2. The fourth-order valence-corrected chi connectivity index (χ4v) is 30.0. The molecule has 818 valence electrons.